The third-order valence-corrected chi connectivity index (χ3v) is 3.65. The van der Waals surface area contributed by atoms with E-state index >= 15 is 0 Å². The summed E-state index contributed by atoms with van der Waals surface area (Å²) in [7, 11) is -3.75. The van der Waals surface area contributed by atoms with E-state index in [1.165, 1.54) is 18.2 Å². The Hall–Kier alpha value is -2.25. The largest absolute Gasteiger partial charge is 0.504 e. The zero-order valence-corrected chi connectivity index (χ0v) is 11.3. The van der Waals surface area contributed by atoms with E-state index in [1.807, 2.05) is 0 Å². The maximum Gasteiger partial charge on any atom is 0.238 e. The van der Waals surface area contributed by atoms with Gasteiger partial charge in [-0.3, -0.25) is 0 Å². The zero-order chi connectivity index (χ0) is 14.8. The summed E-state index contributed by atoms with van der Waals surface area (Å²) in [6.45, 7) is 0.230. The lowest BCUT2D eigenvalue weighted by molar-refractivity contribution is 0.400. The SMILES string of the molecule is NS(=O)(=O)c1cccc(NCc2cccc(O)c2O)c1. The maximum absolute atomic E-state index is 11.2. The van der Waals surface area contributed by atoms with E-state index in [0.29, 0.717) is 11.3 Å². The molecule has 0 heterocycles. The summed E-state index contributed by atoms with van der Waals surface area (Å²) < 4.78 is 22.5. The highest BCUT2D eigenvalue weighted by molar-refractivity contribution is 7.89. The fourth-order valence-corrected chi connectivity index (χ4v) is 2.26. The molecule has 2 aromatic carbocycles. The summed E-state index contributed by atoms with van der Waals surface area (Å²) in [5.41, 5.74) is 1.03. The van der Waals surface area contributed by atoms with Crippen molar-refractivity contribution in [2.45, 2.75) is 11.4 Å². The number of primary sulfonamides is 1. The molecule has 0 fully saturated rings. The molecule has 0 atom stereocenters. The van der Waals surface area contributed by atoms with Gasteiger partial charge in [0, 0.05) is 17.8 Å². The Morgan fingerprint density at radius 1 is 1.10 bits per heavy atom. The molecule has 20 heavy (non-hydrogen) atoms. The molecule has 2 aromatic rings. The number of rotatable bonds is 4. The normalized spacial score (nSPS) is 11.2. The van der Waals surface area contributed by atoms with Crippen LogP contribution in [0.15, 0.2) is 47.4 Å². The van der Waals surface area contributed by atoms with Crippen LogP contribution in [0.2, 0.25) is 0 Å². The van der Waals surface area contributed by atoms with Crippen LogP contribution in [0.1, 0.15) is 5.56 Å². The van der Waals surface area contributed by atoms with Crippen molar-refractivity contribution in [3.63, 3.8) is 0 Å². The highest BCUT2D eigenvalue weighted by atomic mass is 32.2. The van der Waals surface area contributed by atoms with Crippen molar-refractivity contribution in [2.24, 2.45) is 5.14 Å². The first-order valence-electron chi connectivity index (χ1n) is 5.74. The summed E-state index contributed by atoms with van der Waals surface area (Å²) in [5.74, 6) is -0.412. The van der Waals surface area contributed by atoms with Gasteiger partial charge >= 0.3 is 0 Å². The smallest absolute Gasteiger partial charge is 0.238 e. The topological polar surface area (TPSA) is 113 Å². The van der Waals surface area contributed by atoms with Crippen molar-refractivity contribution in [3.05, 3.63) is 48.0 Å². The number of phenolic OH excluding ortho intramolecular Hbond substituents is 2. The molecule has 0 amide bonds. The minimum Gasteiger partial charge on any atom is -0.504 e. The lowest BCUT2D eigenvalue weighted by atomic mass is 10.2. The summed E-state index contributed by atoms with van der Waals surface area (Å²) in [6.07, 6.45) is 0. The van der Waals surface area contributed by atoms with Gasteiger partial charge in [-0.2, -0.15) is 0 Å². The minimum atomic E-state index is -3.75. The second-order valence-electron chi connectivity index (χ2n) is 4.21. The molecule has 0 saturated heterocycles. The van der Waals surface area contributed by atoms with Crippen LogP contribution in [0.25, 0.3) is 0 Å². The molecule has 0 saturated carbocycles. The first kappa shape index (κ1) is 14.2. The first-order chi connectivity index (χ1) is 9.38. The molecule has 0 bridgehead atoms. The molecule has 7 heteroatoms. The van der Waals surface area contributed by atoms with Gasteiger partial charge in [0.2, 0.25) is 10.0 Å². The highest BCUT2D eigenvalue weighted by Crippen LogP contribution is 2.28. The average molecular weight is 294 g/mol. The van der Waals surface area contributed by atoms with Crippen molar-refractivity contribution in [1.82, 2.24) is 0 Å². The second-order valence-corrected chi connectivity index (χ2v) is 5.77. The number of hydrogen-bond donors (Lipinski definition) is 4. The standard InChI is InChI=1S/C13H14N2O4S/c14-20(18,19)11-5-2-4-10(7-11)15-8-9-3-1-6-12(16)13(9)17/h1-7,15-17H,8H2,(H2,14,18,19). The fourth-order valence-electron chi connectivity index (χ4n) is 1.70. The quantitative estimate of drug-likeness (QED) is 0.636. The summed E-state index contributed by atoms with van der Waals surface area (Å²) in [5, 5.41) is 27.0. The van der Waals surface area contributed by atoms with Crippen LogP contribution in [-0.2, 0) is 16.6 Å². The number of aromatic hydroxyl groups is 2. The van der Waals surface area contributed by atoms with Crippen molar-refractivity contribution in [1.29, 1.82) is 0 Å². The molecule has 6 nitrogen and oxygen atoms in total. The van der Waals surface area contributed by atoms with Crippen LogP contribution in [0.5, 0.6) is 11.5 Å². The molecule has 106 valence electrons. The van der Waals surface area contributed by atoms with Crippen molar-refractivity contribution >= 4 is 15.7 Å². The van der Waals surface area contributed by atoms with Crippen LogP contribution in [0.3, 0.4) is 0 Å². The lowest BCUT2D eigenvalue weighted by Gasteiger charge is -2.09. The molecule has 0 spiro atoms. The van der Waals surface area contributed by atoms with Gasteiger partial charge in [-0.05, 0) is 24.3 Å². The van der Waals surface area contributed by atoms with Crippen LogP contribution in [0, 0.1) is 0 Å². The molecule has 0 aliphatic rings. The van der Waals surface area contributed by atoms with Crippen molar-refractivity contribution in [2.75, 3.05) is 5.32 Å². The van der Waals surface area contributed by atoms with Gasteiger partial charge in [0.25, 0.3) is 0 Å². The number of nitrogens with two attached hydrogens (primary N) is 1. The van der Waals surface area contributed by atoms with Gasteiger partial charge in [0.1, 0.15) is 0 Å². The van der Waals surface area contributed by atoms with Gasteiger partial charge in [-0.15, -0.1) is 0 Å². The van der Waals surface area contributed by atoms with Gasteiger partial charge in [0.05, 0.1) is 4.90 Å². The van der Waals surface area contributed by atoms with E-state index in [0.717, 1.165) is 0 Å². The van der Waals surface area contributed by atoms with Crippen LogP contribution in [0.4, 0.5) is 5.69 Å². The van der Waals surface area contributed by atoms with E-state index in [-0.39, 0.29) is 22.9 Å². The molecule has 0 aliphatic carbocycles. The molecule has 0 aromatic heterocycles. The van der Waals surface area contributed by atoms with E-state index in [1.54, 1.807) is 24.3 Å². The predicted octanol–water partition coefficient (Wildman–Crippen LogP) is 1.36. The Labute approximate surface area is 116 Å². The molecular formula is C13H14N2O4S. The molecular weight excluding hydrogens is 280 g/mol. The Morgan fingerprint density at radius 2 is 1.80 bits per heavy atom. The first-order valence-corrected chi connectivity index (χ1v) is 7.29. The van der Waals surface area contributed by atoms with Crippen LogP contribution < -0.4 is 10.5 Å². The van der Waals surface area contributed by atoms with E-state index in [4.69, 9.17) is 5.14 Å². The van der Waals surface area contributed by atoms with Crippen molar-refractivity contribution < 1.29 is 18.6 Å². The number of anilines is 1. The zero-order valence-electron chi connectivity index (χ0n) is 10.4. The van der Waals surface area contributed by atoms with E-state index < -0.39 is 10.0 Å². The summed E-state index contributed by atoms with van der Waals surface area (Å²) in [4.78, 5) is 0.00244. The Bertz CT molecular complexity index is 729. The monoisotopic (exact) mass is 294 g/mol. The number of para-hydroxylation sites is 1. The maximum atomic E-state index is 11.2. The second kappa shape index (κ2) is 5.40. The predicted molar refractivity (Wildman–Crippen MR) is 74.9 cm³/mol. The number of nitrogens with one attached hydrogen (secondary N) is 1. The molecule has 2 rings (SSSR count). The van der Waals surface area contributed by atoms with Crippen LogP contribution in [-0.4, -0.2) is 18.6 Å². The summed E-state index contributed by atoms with van der Waals surface area (Å²) in [6, 6.07) is 10.7. The Kier molecular flexibility index (Phi) is 3.82. The average Bonchev–Trinajstić information content (AvgIpc) is 2.40. The Morgan fingerprint density at radius 3 is 2.50 bits per heavy atom. The molecule has 0 aliphatic heterocycles. The van der Waals surface area contributed by atoms with Gasteiger partial charge in [-0.25, -0.2) is 13.6 Å². The minimum absolute atomic E-state index is 0.00244. The third kappa shape index (κ3) is 3.19. The number of hydrogen-bond acceptors (Lipinski definition) is 5. The highest BCUT2D eigenvalue weighted by Gasteiger charge is 2.09. The Balaban J connectivity index is 2.18. The number of sulfonamides is 1. The summed E-state index contributed by atoms with van der Waals surface area (Å²) >= 11 is 0. The number of phenols is 2. The third-order valence-electron chi connectivity index (χ3n) is 2.74. The molecule has 0 unspecified atom stereocenters. The van der Waals surface area contributed by atoms with Crippen molar-refractivity contribution in [3.8, 4) is 11.5 Å². The lowest BCUT2D eigenvalue weighted by Crippen LogP contribution is -2.12. The van der Waals surface area contributed by atoms with E-state index in [2.05, 4.69) is 5.32 Å². The fraction of sp³-hybridized carbons (Fsp3) is 0.0769. The van der Waals surface area contributed by atoms with Gasteiger partial charge in [-0.1, -0.05) is 18.2 Å². The van der Waals surface area contributed by atoms with Crippen LogP contribution >= 0.6 is 0 Å². The van der Waals surface area contributed by atoms with Gasteiger partial charge in [0.15, 0.2) is 11.5 Å². The van der Waals surface area contributed by atoms with E-state index in [9.17, 15) is 18.6 Å². The van der Waals surface area contributed by atoms with Gasteiger partial charge < -0.3 is 15.5 Å². The molecule has 5 N–H and O–H groups in total. The number of benzene rings is 2. The molecule has 0 radical (unpaired) electrons.